The van der Waals surface area contributed by atoms with Gasteiger partial charge in [0.15, 0.2) is 6.61 Å². The van der Waals surface area contributed by atoms with Gasteiger partial charge in [0, 0.05) is 30.5 Å². The van der Waals surface area contributed by atoms with Crippen LogP contribution in [0.2, 0.25) is 0 Å². The van der Waals surface area contributed by atoms with Gasteiger partial charge in [0.05, 0.1) is 23.0 Å². The number of ether oxygens (including phenoxy) is 2. The van der Waals surface area contributed by atoms with E-state index in [1.807, 2.05) is 23.6 Å². The fourth-order valence-corrected chi connectivity index (χ4v) is 4.56. The molecule has 29 heavy (non-hydrogen) atoms. The maximum atomic E-state index is 12.5. The molecule has 0 unspecified atom stereocenters. The van der Waals surface area contributed by atoms with Gasteiger partial charge >= 0.3 is 0 Å². The van der Waals surface area contributed by atoms with Gasteiger partial charge in [-0.2, -0.15) is 0 Å². The molecule has 1 aromatic carbocycles. The number of carbonyl (C=O) groups excluding carboxylic acids is 2. The van der Waals surface area contributed by atoms with Crippen molar-refractivity contribution < 1.29 is 19.1 Å². The van der Waals surface area contributed by atoms with Crippen molar-refractivity contribution in [2.75, 3.05) is 31.8 Å². The third-order valence-electron chi connectivity index (χ3n) is 5.29. The molecule has 7 nitrogen and oxygen atoms in total. The van der Waals surface area contributed by atoms with Gasteiger partial charge in [0.25, 0.3) is 5.91 Å². The molecule has 1 fully saturated rings. The molecule has 1 saturated carbocycles. The molecular formula is C21H25N3O4S. The van der Waals surface area contributed by atoms with E-state index in [4.69, 9.17) is 9.47 Å². The standard InChI is InChI=1S/C21H25N3O4S/c1-27-9-8-20-23-16(13-29-20)14-6-7-18-17(10-14)24(21(26)12-28-18)11-19(25)22-15-4-2-3-5-15/h6-7,10,13,15H,2-5,8-9,11-12H2,1H3,(H,22,25). The first-order valence-corrected chi connectivity index (χ1v) is 10.8. The van der Waals surface area contributed by atoms with Crippen LogP contribution in [-0.4, -0.2) is 49.7 Å². The molecule has 0 atom stereocenters. The topological polar surface area (TPSA) is 80.8 Å². The molecule has 2 aliphatic rings. The lowest BCUT2D eigenvalue weighted by Crippen LogP contribution is -2.46. The number of nitrogens with zero attached hydrogens (tertiary/aromatic N) is 2. The number of rotatable bonds is 7. The molecule has 8 heteroatoms. The average Bonchev–Trinajstić information content (AvgIpc) is 3.40. The Morgan fingerprint density at radius 1 is 1.38 bits per heavy atom. The Bertz CT molecular complexity index is 892. The zero-order valence-electron chi connectivity index (χ0n) is 16.5. The van der Waals surface area contributed by atoms with Crippen molar-refractivity contribution in [1.29, 1.82) is 0 Å². The maximum Gasteiger partial charge on any atom is 0.265 e. The van der Waals surface area contributed by atoms with E-state index in [-0.39, 0.29) is 31.0 Å². The smallest absolute Gasteiger partial charge is 0.265 e. The van der Waals surface area contributed by atoms with Crippen molar-refractivity contribution in [3.05, 3.63) is 28.6 Å². The fourth-order valence-electron chi connectivity index (χ4n) is 3.77. The maximum absolute atomic E-state index is 12.5. The average molecular weight is 416 g/mol. The lowest BCUT2D eigenvalue weighted by molar-refractivity contribution is -0.125. The molecule has 0 bridgehead atoms. The van der Waals surface area contributed by atoms with Gasteiger partial charge in [-0.3, -0.25) is 14.5 Å². The molecular weight excluding hydrogens is 390 g/mol. The van der Waals surface area contributed by atoms with E-state index in [0.717, 1.165) is 48.4 Å². The SMILES string of the molecule is COCCc1nc(-c2ccc3c(c2)N(CC(=O)NC2CCCC2)C(=O)CO3)cs1. The van der Waals surface area contributed by atoms with Crippen molar-refractivity contribution in [2.45, 2.75) is 38.1 Å². The fraction of sp³-hybridized carbons (Fsp3) is 0.476. The number of methoxy groups -OCH3 is 1. The van der Waals surface area contributed by atoms with Gasteiger partial charge in [0.1, 0.15) is 12.3 Å². The number of benzene rings is 1. The largest absolute Gasteiger partial charge is 0.482 e. The van der Waals surface area contributed by atoms with E-state index in [0.29, 0.717) is 18.0 Å². The minimum atomic E-state index is -0.213. The van der Waals surface area contributed by atoms with Crippen LogP contribution >= 0.6 is 11.3 Å². The normalized spacial score (nSPS) is 16.6. The molecule has 0 spiro atoms. The van der Waals surface area contributed by atoms with Crippen LogP contribution < -0.4 is 15.0 Å². The Balaban J connectivity index is 1.53. The summed E-state index contributed by atoms with van der Waals surface area (Å²) in [6, 6.07) is 5.88. The molecule has 2 amide bonds. The summed E-state index contributed by atoms with van der Waals surface area (Å²) in [6.45, 7) is 0.579. The number of thiazole rings is 1. The number of nitrogens with one attached hydrogen (secondary N) is 1. The number of hydrogen-bond acceptors (Lipinski definition) is 6. The molecule has 1 aliphatic heterocycles. The van der Waals surface area contributed by atoms with Crippen LogP contribution in [0, 0.1) is 0 Å². The molecule has 2 heterocycles. The van der Waals surface area contributed by atoms with Gasteiger partial charge in [-0.25, -0.2) is 4.98 Å². The zero-order chi connectivity index (χ0) is 20.2. The predicted molar refractivity (Wildman–Crippen MR) is 111 cm³/mol. The van der Waals surface area contributed by atoms with Crippen molar-refractivity contribution in [3.8, 4) is 17.0 Å². The number of carbonyl (C=O) groups is 2. The Morgan fingerprint density at radius 2 is 2.21 bits per heavy atom. The van der Waals surface area contributed by atoms with Crippen LogP contribution in [-0.2, 0) is 20.7 Å². The van der Waals surface area contributed by atoms with E-state index in [1.54, 1.807) is 18.4 Å². The highest BCUT2D eigenvalue weighted by Crippen LogP contribution is 2.36. The second-order valence-electron chi connectivity index (χ2n) is 7.37. The molecule has 1 aliphatic carbocycles. The molecule has 154 valence electrons. The van der Waals surface area contributed by atoms with E-state index in [9.17, 15) is 9.59 Å². The highest BCUT2D eigenvalue weighted by molar-refractivity contribution is 7.09. The summed E-state index contributed by atoms with van der Waals surface area (Å²) in [5.41, 5.74) is 2.35. The Morgan fingerprint density at radius 3 is 3.00 bits per heavy atom. The van der Waals surface area contributed by atoms with E-state index in [1.165, 1.54) is 4.90 Å². The lowest BCUT2D eigenvalue weighted by atomic mass is 10.1. The highest BCUT2D eigenvalue weighted by Gasteiger charge is 2.29. The third-order valence-corrected chi connectivity index (χ3v) is 6.20. The summed E-state index contributed by atoms with van der Waals surface area (Å²) in [4.78, 5) is 31.2. The monoisotopic (exact) mass is 415 g/mol. The van der Waals surface area contributed by atoms with Crippen molar-refractivity contribution in [2.24, 2.45) is 0 Å². The summed E-state index contributed by atoms with van der Waals surface area (Å²) >= 11 is 1.58. The Labute approximate surface area is 174 Å². The number of hydrogen-bond donors (Lipinski definition) is 1. The second-order valence-corrected chi connectivity index (χ2v) is 8.31. The number of aromatic nitrogens is 1. The van der Waals surface area contributed by atoms with E-state index in [2.05, 4.69) is 10.3 Å². The third kappa shape index (κ3) is 4.59. The number of amides is 2. The highest BCUT2D eigenvalue weighted by atomic mass is 32.1. The van der Waals surface area contributed by atoms with Crippen LogP contribution in [0.15, 0.2) is 23.6 Å². The van der Waals surface area contributed by atoms with Gasteiger partial charge in [-0.05, 0) is 31.0 Å². The summed E-state index contributed by atoms with van der Waals surface area (Å²) < 4.78 is 10.7. The predicted octanol–water partition coefficient (Wildman–Crippen LogP) is 2.78. The summed E-state index contributed by atoms with van der Waals surface area (Å²) in [5.74, 6) is 0.270. The van der Waals surface area contributed by atoms with Gasteiger partial charge in [-0.1, -0.05) is 12.8 Å². The first kappa shape index (κ1) is 19.8. The minimum Gasteiger partial charge on any atom is -0.482 e. The molecule has 4 rings (SSSR count). The number of anilines is 1. The van der Waals surface area contributed by atoms with Crippen LogP contribution in [0.1, 0.15) is 30.7 Å². The number of fused-ring (bicyclic) bond motifs is 1. The zero-order valence-corrected chi connectivity index (χ0v) is 17.3. The molecule has 0 saturated heterocycles. The van der Waals surface area contributed by atoms with Gasteiger partial charge in [-0.15, -0.1) is 11.3 Å². The lowest BCUT2D eigenvalue weighted by Gasteiger charge is -2.29. The summed E-state index contributed by atoms with van der Waals surface area (Å²) in [6.07, 6.45) is 5.08. The van der Waals surface area contributed by atoms with Crippen LogP contribution in [0.25, 0.3) is 11.3 Å². The van der Waals surface area contributed by atoms with Crippen molar-refractivity contribution in [3.63, 3.8) is 0 Å². The van der Waals surface area contributed by atoms with Crippen LogP contribution in [0.5, 0.6) is 5.75 Å². The quantitative estimate of drug-likeness (QED) is 0.752. The van der Waals surface area contributed by atoms with Crippen molar-refractivity contribution >= 4 is 28.8 Å². The first-order chi connectivity index (χ1) is 14.1. The van der Waals surface area contributed by atoms with E-state index >= 15 is 0 Å². The van der Waals surface area contributed by atoms with Crippen LogP contribution in [0.4, 0.5) is 5.69 Å². The van der Waals surface area contributed by atoms with E-state index < -0.39 is 0 Å². The van der Waals surface area contributed by atoms with Gasteiger partial charge < -0.3 is 14.8 Å². The Kier molecular flexibility index (Phi) is 6.10. The summed E-state index contributed by atoms with van der Waals surface area (Å²) in [5, 5.41) is 6.05. The molecule has 2 aromatic rings. The molecule has 0 radical (unpaired) electrons. The first-order valence-electron chi connectivity index (χ1n) is 9.94. The van der Waals surface area contributed by atoms with Gasteiger partial charge in [0.2, 0.25) is 5.91 Å². The second kappa shape index (κ2) is 8.92. The van der Waals surface area contributed by atoms with Crippen LogP contribution in [0.3, 0.4) is 0 Å². The minimum absolute atomic E-state index is 0.00526. The molecule has 1 aromatic heterocycles. The molecule has 1 N–H and O–H groups in total. The Hall–Kier alpha value is -2.45. The summed E-state index contributed by atoms with van der Waals surface area (Å²) in [7, 11) is 1.67. The van der Waals surface area contributed by atoms with Crippen molar-refractivity contribution in [1.82, 2.24) is 10.3 Å².